The van der Waals surface area contributed by atoms with Crippen LogP contribution in [0.2, 0.25) is 0 Å². The Balaban J connectivity index is 2.26. The topological polar surface area (TPSA) is 48.9 Å². The first kappa shape index (κ1) is 12.5. The third-order valence-electron chi connectivity index (χ3n) is 3.52. The maximum atomic E-state index is 12.3. The first-order valence-electron chi connectivity index (χ1n) is 6.29. The second-order valence-electron chi connectivity index (χ2n) is 4.79. The van der Waals surface area contributed by atoms with Gasteiger partial charge in [0.1, 0.15) is 0 Å². The minimum Gasteiger partial charge on any atom is -0.246 e. The van der Waals surface area contributed by atoms with Crippen LogP contribution in [-0.2, 0) is 13.1 Å². The minimum atomic E-state index is -0.250. The third-order valence-corrected chi connectivity index (χ3v) is 4.37. The summed E-state index contributed by atoms with van der Waals surface area (Å²) in [5.41, 5.74) is 1.18. The zero-order valence-corrected chi connectivity index (χ0v) is 12.2. The van der Waals surface area contributed by atoms with Gasteiger partial charge in [-0.15, -0.1) is 0 Å². The van der Waals surface area contributed by atoms with Crippen LogP contribution in [-0.4, -0.2) is 13.9 Å². The molecule has 0 aliphatic carbocycles. The highest BCUT2D eigenvalue weighted by Crippen LogP contribution is 2.18. The molecule has 0 amide bonds. The van der Waals surface area contributed by atoms with Crippen molar-refractivity contribution in [2.75, 3.05) is 0 Å². The Morgan fingerprint density at radius 3 is 2.16 bits per heavy atom. The minimum absolute atomic E-state index is 0.250. The normalized spacial score (nSPS) is 14.4. The summed E-state index contributed by atoms with van der Waals surface area (Å²) in [6.45, 7) is 3.20. The first-order chi connectivity index (χ1) is 9.09. The van der Waals surface area contributed by atoms with Gasteiger partial charge in [-0.25, -0.2) is 23.5 Å². The van der Waals surface area contributed by atoms with E-state index in [4.69, 9.17) is 0 Å². The van der Waals surface area contributed by atoms with E-state index in [-0.39, 0.29) is 11.4 Å². The number of benzene rings is 1. The average molecular weight is 324 g/mol. The van der Waals surface area contributed by atoms with E-state index in [0.717, 1.165) is 22.9 Å². The average Bonchev–Trinajstić information content (AvgIpc) is 2.66. The van der Waals surface area contributed by atoms with E-state index < -0.39 is 0 Å². The summed E-state index contributed by atoms with van der Waals surface area (Å²) in [4.78, 5) is 24.6. The first-order valence-corrected chi connectivity index (χ1v) is 7.08. The molecule has 2 heterocycles. The quantitative estimate of drug-likeness (QED) is 0.801. The maximum Gasteiger partial charge on any atom is 0.351 e. The number of hydrogen-bond acceptors (Lipinski definition) is 2. The summed E-state index contributed by atoms with van der Waals surface area (Å²) < 4.78 is 5.22. The lowest BCUT2D eigenvalue weighted by molar-refractivity contribution is 0.348. The molecule has 5 nitrogen and oxygen atoms in total. The van der Waals surface area contributed by atoms with E-state index in [1.54, 1.807) is 15.4 Å². The third kappa shape index (κ3) is 1.90. The highest BCUT2D eigenvalue weighted by atomic mass is 79.9. The van der Waals surface area contributed by atoms with Crippen LogP contribution < -0.4 is 11.4 Å². The van der Waals surface area contributed by atoms with Crippen molar-refractivity contribution in [1.29, 1.82) is 0 Å². The number of nitrogens with zero attached hydrogens (tertiary/aromatic N) is 3. The predicted molar refractivity (Wildman–Crippen MR) is 76.0 cm³/mol. The summed E-state index contributed by atoms with van der Waals surface area (Å²) in [7, 11) is 0. The molecule has 0 atom stereocenters. The molecule has 0 fully saturated rings. The standard InChI is InChI=1S/C13H14BrN3O2/c1-9-4-5-10(8-11(9)14)17-12(18)15-6-2-3-7-16(15)13(17)19/h4-5,8H,2-3,6-7H2,1H3. The molecule has 1 aliphatic heterocycles. The lowest BCUT2D eigenvalue weighted by atomic mass is 10.2. The highest BCUT2D eigenvalue weighted by Gasteiger charge is 2.19. The van der Waals surface area contributed by atoms with Crippen LogP contribution >= 0.6 is 15.9 Å². The Hall–Kier alpha value is -1.56. The van der Waals surface area contributed by atoms with Gasteiger partial charge in [0.05, 0.1) is 5.69 Å². The Kier molecular flexibility index (Phi) is 2.97. The molecule has 1 aromatic carbocycles. The van der Waals surface area contributed by atoms with Crippen molar-refractivity contribution < 1.29 is 0 Å². The lowest BCUT2D eigenvalue weighted by Crippen LogP contribution is -2.30. The smallest absolute Gasteiger partial charge is 0.246 e. The molecule has 19 heavy (non-hydrogen) atoms. The molecule has 6 heteroatoms. The molecule has 100 valence electrons. The Labute approximate surface area is 118 Å². The summed E-state index contributed by atoms with van der Waals surface area (Å²) in [6.07, 6.45) is 1.89. The van der Waals surface area contributed by atoms with E-state index in [0.29, 0.717) is 18.8 Å². The molecule has 0 saturated carbocycles. The van der Waals surface area contributed by atoms with Gasteiger partial charge in [-0.3, -0.25) is 0 Å². The van der Waals surface area contributed by atoms with Crippen LogP contribution in [0.15, 0.2) is 32.3 Å². The molecule has 0 bridgehead atoms. The molecule has 0 N–H and O–H groups in total. The summed E-state index contributed by atoms with van der Waals surface area (Å²) in [5.74, 6) is 0. The van der Waals surface area contributed by atoms with Crippen molar-refractivity contribution >= 4 is 15.9 Å². The van der Waals surface area contributed by atoms with Crippen LogP contribution in [0.3, 0.4) is 0 Å². The summed E-state index contributed by atoms with van der Waals surface area (Å²) >= 11 is 3.43. The van der Waals surface area contributed by atoms with Crippen LogP contribution in [0.4, 0.5) is 0 Å². The number of fused-ring (bicyclic) bond motifs is 1. The fourth-order valence-corrected chi connectivity index (χ4v) is 2.78. The van der Waals surface area contributed by atoms with Crippen molar-refractivity contribution in [3.8, 4) is 5.69 Å². The number of halogens is 1. The summed E-state index contributed by atoms with van der Waals surface area (Å²) in [6, 6.07) is 5.51. The Bertz CT molecular complexity index is 717. The van der Waals surface area contributed by atoms with Gasteiger partial charge in [0.25, 0.3) is 0 Å². The van der Waals surface area contributed by atoms with Gasteiger partial charge in [-0.1, -0.05) is 22.0 Å². The van der Waals surface area contributed by atoms with Crippen LogP contribution in [0.1, 0.15) is 18.4 Å². The Morgan fingerprint density at radius 1 is 1.05 bits per heavy atom. The molecular weight excluding hydrogens is 310 g/mol. The van der Waals surface area contributed by atoms with Crippen LogP contribution in [0, 0.1) is 6.92 Å². The molecule has 0 unspecified atom stereocenters. The van der Waals surface area contributed by atoms with E-state index >= 15 is 0 Å². The van der Waals surface area contributed by atoms with Crippen molar-refractivity contribution in [3.05, 3.63) is 49.2 Å². The SMILES string of the molecule is Cc1ccc(-n2c(=O)n3n(c2=O)CCCC3)cc1Br. The van der Waals surface area contributed by atoms with Gasteiger partial charge in [0.2, 0.25) is 0 Å². The number of rotatable bonds is 1. The molecular formula is C13H14BrN3O2. The van der Waals surface area contributed by atoms with E-state index in [1.807, 2.05) is 19.1 Å². The van der Waals surface area contributed by atoms with Gasteiger partial charge >= 0.3 is 11.4 Å². The van der Waals surface area contributed by atoms with Crippen molar-refractivity contribution in [2.45, 2.75) is 32.9 Å². The van der Waals surface area contributed by atoms with E-state index in [1.165, 1.54) is 4.57 Å². The zero-order valence-electron chi connectivity index (χ0n) is 10.6. The monoisotopic (exact) mass is 323 g/mol. The van der Waals surface area contributed by atoms with Gasteiger partial charge in [-0.05, 0) is 37.5 Å². The predicted octanol–water partition coefficient (Wildman–Crippen LogP) is 1.67. The van der Waals surface area contributed by atoms with E-state index in [2.05, 4.69) is 15.9 Å². The molecule has 0 spiro atoms. The fraction of sp³-hybridized carbons (Fsp3) is 0.385. The van der Waals surface area contributed by atoms with Crippen molar-refractivity contribution in [1.82, 2.24) is 13.9 Å². The fourth-order valence-electron chi connectivity index (χ4n) is 2.42. The zero-order chi connectivity index (χ0) is 13.6. The molecule has 2 aromatic rings. The van der Waals surface area contributed by atoms with Crippen LogP contribution in [0.25, 0.3) is 5.69 Å². The van der Waals surface area contributed by atoms with Crippen molar-refractivity contribution in [3.63, 3.8) is 0 Å². The molecule has 1 aromatic heterocycles. The Morgan fingerprint density at radius 2 is 1.63 bits per heavy atom. The molecule has 1 aliphatic rings. The van der Waals surface area contributed by atoms with Gasteiger partial charge in [0, 0.05) is 17.6 Å². The molecule has 0 saturated heterocycles. The largest absolute Gasteiger partial charge is 0.351 e. The summed E-state index contributed by atoms with van der Waals surface area (Å²) in [5, 5.41) is 0. The maximum absolute atomic E-state index is 12.3. The second-order valence-corrected chi connectivity index (χ2v) is 5.64. The van der Waals surface area contributed by atoms with Crippen LogP contribution in [0.5, 0.6) is 0 Å². The lowest BCUT2D eigenvalue weighted by Gasteiger charge is -2.13. The molecule has 3 rings (SSSR count). The second kappa shape index (κ2) is 4.52. The highest BCUT2D eigenvalue weighted by molar-refractivity contribution is 9.10. The van der Waals surface area contributed by atoms with Crippen molar-refractivity contribution in [2.24, 2.45) is 0 Å². The van der Waals surface area contributed by atoms with Gasteiger partial charge in [0.15, 0.2) is 0 Å². The number of aromatic nitrogens is 3. The number of aryl methyl sites for hydroxylation is 1. The van der Waals surface area contributed by atoms with Gasteiger partial charge < -0.3 is 0 Å². The molecule has 0 radical (unpaired) electrons. The van der Waals surface area contributed by atoms with Gasteiger partial charge in [-0.2, -0.15) is 0 Å². The van der Waals surface area contributed by atoms with E-state index in [9.17, 15) is 9.59 Å². The number of hydrogen-bond donors (Lipinski definition) is 0.